The van der Waals surface area contributed by atoms with E-state index >= 15 is 0 Å². The van der Waals surface area contributed by atoms with Gasteiger partial charge >= 0.3 is 0 Å². The molecular formula is C10H16NP. The van der Waals surface area contributed by atoms with Gasteiger partial charge in [0, 0.05) is 19.3 Å². The molecule has 0 aromatic heterocycles. The van der Waals surface area contributed by atoms with Gasteiger partial charge in [-0.05, 0) is 30.8 Å². The number of nitrogens with zero attached hydrogens (tertiary/aromatic N) is 1. The Balaban J connectivity index is 3.04. The molecule has 0 saturated carbocycles. The average Bonchev–Trinajstić information content (AvgIpc) is 2.08. The zero-order valence-electron chi connectivity index (χ0n) is 7.96. The first-order valence-corrected chi connectivity index (χ1v) is 4.80. The van der Waals surface area contributed by atoms with Gasteiger partial charge in [0.2, 0.25) is 0 Å². The van der Waals surface area contributed by atoms with E-state index in [1.165, 1.54) is 16.6 Å². The van der Waals surface area contributed by atoms with Gasteiger partial charge < -0.3 is 4.90 Å². The van der Waals surface area contributed by atoms with Crippen LogP contribution in [0.4, 0.5) is 5.69 Å². The van der Waals surface area contributed by atoms with Crippen LogP contribution < -0.4 is 10.2 Å². The molecular weight excluding hydrogens is 165 g/mol. The van der Waals surface area contributed by atoms with Crippen molar-refractivity contribution in [3.05, 3.63) is 23.8 Å². The van der Waals surface area contributed by atoms with Gasteiger partial charge in [0.25, 0.3) is 0 Å². The van der Waals surface area contributed by atoms with Crippen LogP contribution in [0.3, 0.4) is 0 Å². The van der Waals surface area contributed by atoms with Crippen LogP contribution in [-0.4, -0.2) is 13.6 Å². The van der Waals surface area contributed by atoms with Crippen LogP contribution >= 0.6 is 9.24 Å². The molecule has 0 aliphatic carbocycles. The highest BCUT2D eigenvalue weighted by molar-refractivity contribution is 7.28. The zero-order valence-corrected chi connectivity index (χ0v) is 9.12. The van der Waals surface area contributed by atoms with Gasteiger partial charge in [-0.1, -0.05) is 12.1 Å². The minimum atomic E-state index is 1.05. The second kappa shape index (κ2) is 3.91. The summed E-state index contributed by atoms with van der Waals surface area (Å²) in [4.78, 5) is 2.25. The maximum absolute atomic E-state index is 2.77. The zero-order chi connectivity index (χ0) is 9.14. The topological polar surface area (TPSA) is 3.24 Å². The molecule has 66 valence electrons. The average molecular weight is 181 g/mol. The van der Waals surface area contributed by atoms with Gasteiger partial charge in [-0.2, -0.15) is 0 Å². The molecule has 0 bridgehead atoms. The van der Waals surface area contributed by atoms with Gasteiger partial charge in [-0.15, -0.1) is 9.24 Å². The third-order valence-electron chi connectivity index (χ3n) is 2.07. The summed E-state index contributed by atoms with van der Waals surface area (Å²) < 4.78 is 0. The minimum absolute atomic E-state index is 1.05. The molecule has 1 unspecified atom stereocenters. The van der Waals surface area contributed by atoms with Gasteiger partial charge in [-0.25, -0.2) is 0 Å². The summed E-state index contributed by atoms with van der Waals surface area (Å²) in [5.74, 6) is 0. The van der Waals surface area contributed by atoms with Crippen LogP contribution in [-0.2, 0) is 0 Å². The lowest BCUT2D eigenvalue weighted by Crippen LogP contribution is -2.20. The summed E-state index contributed by atoms with van der Waals surface area (Å²) in [5, 5.41) is 1.27. The van der Waals surface area contributed by atoms with Crippen LogP contribution in [0.5, 0.6) is 0 Å². The number of anilines is 1. The summed E-state index contributed by atoms with van der Waals surface area (Å²) in [6.07, 6.45) is 0. The normalized spacial score (nSPS) is 10.0. The van der Waals surface area contributed by atoms with Crippen molar-refractivity contribution in [1.29, 1.82) is 0 Å². The molecule has 0 radical (unpaired) electrons. The van der Waals surface area contributed by atoms with E-state index in [2.05, 4.69) is 53.2 Å². The van der Waals surface area contributed by atoms with Gasteiger partial charge in [0.05, 0.1) is 0 Å². The lowest BCUT2D eigenvalue weighted by molar-refractivity contribution is 0.971. The smallest absolute Gasteiger partial charge is 0.0438 e. The summed E-state index contributed by atoms with van der Waals surface area (Å²) in [5.41, 5.74) is 2.62. The Bertz CT molecular complexity index is 271. The van der Waals surface area contributed by atoms with E-state index < -0.39 is 0 Å². The fraction of sp³-hybridized carbons (Fsp3) is 0.400. The van der Waals surface area contributed by atoms with Crippen molar-refractivity contribution in [2.45, 2.75) is 13.8 Å². The molecule has 1 atom stereocenters. The van der Waals surface area contributed by atoms with Crippen molar-refractivity contribution in [3.63, 3.8) is 0 Å². The number of hydrogen-bond acceptors (Lipinski definition) is 1. The van der Waals surface area contributed by atoms with Crippen LogP contribution in [0.15, 0.2) is 18.2 Å². The molecule has 0 saturated heterocycles. The maximum Gasteiger partial charge on any atom is 0.0438 e. The Morgan fingerprint density at radius 2 is 2.08 bits per heavy atom. The standard InChI is InChI=1S/C10H16NP/c1-4-11(3)9-7-8(2)5-6-10(9)12/h5-7H,4,12H2,1-3H3. The van der Waals surface area contributed by atoms with E-state index in [1.807, 2.05) is 0 Å². The summed E-state index contributed by atoms with van der Waals surface area (Å²) in [6.45, 7) is 5.33. The molecule has 0 heterocycles. The third-order valence-corrected chi connectivity index (χ3v) is 2.56. The third kappa shape index (κ3) is 1.98. The minimum Gasteiger partial charge on any atom is -0.374 e. The molecule has 12 heavy (non-hydrogen) atoms. The Labute approximate surface area is 77.0 Å². The van der Waals surface area contributed by atoms with E-state index in [4.69, 9.17) is 0 Å². The molecule has 1 rings (SSSR count). The van der Waals surface area contributed by atoms with Crippen LogP contribution in [0.25, 0.3) is 0 Å². The molecule has 1 aromatic rings. The van der Waals surface area contributed by atoms with Crippen LogP contribution in [0, 0.1) is 6.92 Å². The lowest BCUT2D eigenvalue weighted by Gasteiger charge is -2.19. The van der Waals surface area contributed by atoms with Crippen molar-refractivity contribution in [2.24, 2.45) is 0 Å². The predicted octanol–water partition coefficient (Wildman–Crippen LogP) is 1.95. The van der Waals surface area contributed by atoms with Gasteiger partial charge in [0.15, 0.2) is 0 Å². The molecule has 0 fully saturated rings. The Hall–Kier alpha value is -0.550. The van der Waals surface area contributed by atoms with Gasteiger partial charge in [-0.3, -0.25) is 0 Å². The highest BCUT2D eigenvalue weighted by Crippen LogP contribution is 2.14. The van der Waals surface area contributed by atoms with Crippen molar-refractivity contribution >= 4 is 20.2 Å². The van der Waals surface area contributed by atoms with Crippen LogP contribution in [0.1, 0.15) is 12.5 Å². The number of benzene rings is 1. The maximum atomic E-state index is 2.77. The van der Waals surface area contributed by atoms with E-state index in [0.29, 0.717) is 0 Å². The summed E-state index contributed by atoms with van der Waals surface area (Å²) >= 11 is 0. The van der Waals surface area contributed by atoms with E-state index in [1.54, 1.807) is 0 Å². The van der Waals surface area contributed by atoms with E-state index in [9.17, 15) is 0 Å². The highest BCUT2D eigenvalue weighted by atomic mass is 31.0. The molecule has 0 aliphatic rings. The number of rotatable bonds is 2. The predicted molar refractivity (Wildman–Crippen MR) is 59.5 cm³/mol. The SMILES string of the molecule is CCN(C)c1cc(C)ccc1P. The first-order chi connectivity index (χ1) is 5.65. The van der Waals surface area contributed by atoms with Crippen molar-refractivity contribution < 1.29 is 0 Å². The first kappa shape index (κ1) is 9.54. The molecule has 0 amide bonds. The first-order valence-electron chi connectivity index (χ1n) is 4.22. The largest absolute Gasteiger partial charge is 0.374 e. The molecule has 2 heteroatoms. The van der Waals surface area contributed by atoms with Crippen molar-refractivity contribution in [2.75, 3.05) is 18.5 Å². The Kier molecular flexibility index (Phi) is 3.11. The fourth-order valence-corrected chi connectivity index (χ4v) is 1.55. The van der Waals surface area contributed by atoms with Gasteiger partial charge in [0.1, 0.15) is 0 Å². The Morgan fingerprint density at radius 1 is 1.42 bits per heavy atom. The highest BCUT2D eigenvalue weighted by Gasteiger charge is 2.01. The summed E-state index contributed by atoms with van der Waals surface area (Å²) in [6, 6.07) is 6.49. The molecule has 0 spiro atoms. The van der Waals surface area contributed by atoms with Crippen molar-refractivity contribution in [3.8, 4) is 0 Å². The molecule has 1 nitrogen and oxygen atoms in total. The summed E-state index contributed by atoms with van der Waals surface area (Å²) in [7, 11) is 4.88. The quantitative estimate of drug-likeness (QED) is 0.630. The molecule has 0 N–H and O–H groups in total. The molecule has 1 aromatic carbocycles. The van der Waals surface area contributed by atoms with Crippen molar-refractivity contribution in [1.82, 2.24) is 0 Å². The second-order valence-corrected chi connectivity index (χ2v) is 3.70. The van der Waals surface area contributed by atoms with Crippen LogP contribution in [0.2, 0.25) is 0 Å². The number of aryl methyl sites for hydroxylation is 1. The fourth-order valence-electron chi connectivity index (χ4n) is 1.15. The molecule has 0 aliphatic heterocycles. The Morgan fingerprint density at radius 3 is 2.67 bits per heavy atom. The van der Waals surface area contributed by atoms with E-state index in [0.717, 1.165) is 6.54 Å². The monoisotopic (exact) mass is 181 g/mol. The van der Waals surface area contributed by atoms with E-state index in [-0.39, 0.29) is 0 Å². The second-order valence-electron chi connectivity index (χ2n) is 3.08. The lowest BCUT2D eigenvalue weighted by atomic mass is 10.2. The number of hydrogen-bond donors (Lipinski definition) is 0.